The quantitative estimate of drug-likeness (QED) is 0.787. The van der Waals surface area contributed by atoms with Gasteiger partial charge in [0.2, 0.25) is 0 Å². The van der Waals surface area contributed by atoms with Crippen LogP contribution in [0.2, 0.25) is 0 Å². The van der Waals surface area contributed by atoms with Gasteiger partial charge in [-0.15, -0.1) is 0 Å². The molecule has 19 heavy (non-hydrogen) atoms. The van der Waals surface area contributed by atoms with E-state index in [1.165, 1.54) is 0 Å². The average molecular weight is 256 g/mol. The number of benzene rings is 2. The van der Waals surface area contributed by atoms with Gasteiger partial charge in [0.25, 0.3) is 0 Å². The maximum absolute atomic E-state index is 12.0. The van der Waals surface area contributed by atoms with E-state index in [0.29, 0.717) is 11.3 Å². The zero-order valence-corrected chi connectivity index (χ0v) is 11.1. The van der Waals surface area contributed by atoms with Gasteiger partial charge in [0.15, 0.2) is 0 Å². The molecule has 0 heterocycles. The molecule has 0 spiro atoms. The lowest BCUT2D eigenvalue weighted by Crippen LogP contribution is -2.06. The van der Waals surface area contributed by atoms with Crippen molar-refractivity contribution in [3.8, 4) is 5.75 Å². The van der Waals surface area contributed by atoms with E-state index in [9.17, 15) is 4.79 Å². The number of rotatable bonds is 4. The zero-order valence-electron chi connectivity index (χ0n) is 11.1. The van der Waals surface area contributed by atoms with Crippen LogP contribution in [0.3, 0.4) is 0 Å². The van der Waals surface area contributed by atoms with Crippen molar-refractivity contribution in [2.24, 2.45) is 0 Å². The van der Waals surface area contributed by atoms with Crippen molar-refractivity contribution in [1.29, 1.82) is 0 Å². The molecule has 0 aliphatic rings. The number of esters is 1. The second-order valence-corrected chi connectivity index (χ2v) is 4.30. The summed E-state index contributed by atoms with van der Waals surface area (Å²) in [5.74, 6) is 0.317. The first-order valence-corrected chi connectivity index (χ1v) is 6.06. The molecule has 2 aromatic carbocycles. The smallest absolute Gasteiger partial charge is 0.338 e. The largest absolute Gasteiger partial charge is 0.497 e. The summed E-state index contributed by atoms with van der Waals surface area (Å²) in [5, 5.41) is 0. The Kier molecular flexibility index (Phi) is 4.18. The molecule has 2 rings (SSSR count). The van der Waals surface area contributed by atoms with E-state index in [-0.39, 0.29) is 12.6 Å². The monoisotopic (exact) mass is 256 g/mol. The molecular formula is C16H16O3. The highest BCUT2D eigenvalue weighted by molar-refractivity contribution is 5.90. The molecule has 0 unspecified atom stereocenters. The fraction of sp³-hybridized carbons (Fsp3) is 0.188. The van der Waals surface area contributed by atoms with Crippen LogP contribution in [0.5, 0.6) is 5.75 Å². The van der Waals surface area contributed by atoms with Crippen LogP contribution in [-0.2, 0) is 11.3 Å². The summed E-state index contributed by atoms with van der Waals surface area (Å²) in [7, 11) is 1.58. The molecule has 3 nitrogen and oxygen atoms in total. The SMILES string of the molecule is COc1cc(C)cc(C(=O)OCc2ccccc2)c1. The number of carbonyl (C=O) groups is 1. The van der Waals surface area contributed by atoms with Gasteiger partial charge < -0.3 is 9.47 Å². The van der Waals surface area contributed by atoms with E-state index in [4.69, 9.17) is 9.47 Å². The number of aryl methyl sites for hydroxylation is 1. The third-order valence-electron chi connectivity index (χ3n) is 2.74. The normalized spacial score (nSPS) is 10.0. The molecule has 0 saturated heterocycles. The maximum Gasteiger partial charge on any atom is 0.338 e. The predicted molar refractivity (Wildman–Crippen MR) is 73.3 cm³/mol. The van der Waals surface area contributed by atoms with Crippen LogP contribution in [-0.4, -0.2) is 13.1 Å². The Bertz CT molecular complexity index is 561. The molecule has 0 bridgehead atoms. The van der Waals surface area contributed by atoms with Gasteiger partial charge in [-0.25, -0.2) is 4.79 Å². The van der Waals surface area contributed by atoms with Crippen LogP contribution in [0.1, 0.15) is 21.5 Å². The fourth-order valence-corrected chi connectivity index (χ4v) is 1.79. The number of ether oxygens (including phenoxy) is 2. The first-order chi connectivity index (χ1) is 9.19. The molecule has 0 N–H and O–H groups in total. The van der Waals surface area contributed by atoms with Crippen molar-refractivity contribution >= 4 is 5.97 Å². The van der Waals surface area contributed by atoms with Crippen molar-refractivity contribution in [1.82, 2.24) is 0 Å². The molecule has 0 radical (unpaired) electrons. The van der Waals surface area contributed by atoms with E-state index in [1.807, 2.05) is 43.3 Å². The molecule has 2 aromatic rings. The minimum absolute atomic E-state index is 0.274. The molecule has 0 amide bonds. The molecule has 98 valence electrons. The van der Waals surface area contributed by atoms with E-state index >= 15 is 0 Å². The van der Waals surface area contributed by atoms with Gasteiger partial charge in [0.1, 0.15) is 12.4 Å². The Labute approximate surface area is 112 Å². The maximum atomic E-state index is 12.0. The summed E-state index contributed by atoms with van der Waals surface area (Å²) in [4.78, 5) is 12.0. The zero-order chi connectivity index (χ0) is 13.7. The lowest BCUT2D eigenvalue weighted by molar-refractivity contribution is 0.0472. The van der Waals surface area contributed by atoms with E-state index < -0.39 is 0 Å². The number of hydrogen-bond donors (Lipinski definition) is 0. The van der Waals surface area contributed by atoms with Crippen LogP contribution >= 0.6 is 0 Å². The molecule has 0 aromatic heterocycles. The Morgan fingerprint density at radius 3 is 2.53 bits per heavy atom. The molecule has 0 fully saturated rings. The summed E-state index contributed by atoms with van der Waals surface area (Å²) >= 11 is 0. The molecule has 0 atom stereocenters. The van der Waals surface area contributed by atoms with Crippen molar-refractivity contribution in [3.05, 3.63) is 65.2 Å². The van der Waals surface area contributed by atoms with Crippen LogP contribution in [0.15, 0.2) is 48.5 Å². The second kappa shape index (κ2) is 6.05. The predicted octanol–water partition coefficient (Wildman–Crippen LogP) is 3.36. The van der Waals surface area contributed by atoms with Gasteiger partial charge >= 0.3 is 5.97 Å². The minimum atomic E-state index is -0.342. The van der Waals surface area contributed by atoms with Gasteiger partial charge in [0.05, 0.1) is 12.7 Å². The lowest BCUT2D eigenvalue weighted by Gasteiger charge is -2.07. The third-order valence-corrected chi connectivity index (χ3v) is 2.74. The first kappa shape index (κ1) is 13.1. The van der Waals surface area contributed by atoms with E-state index in [0.717, 1.165) is 11.1 Å². The van der Waals surface area contributed by atoms with Crippen LogP contribution < -0.4 is 4.74 Å². The Hall–Kier alpha value is -2.29. The fourth-order valence-electron chi connectivity index (χ4n) is 1.79. The molecular weight excluding hydrogens is 240 g/mol. The van der Waals surface area contributed by atoms with Crippen molar-refractivity contribution in [2.45, 2.75) is 13.5 Å². The molecule has 0 aliphatic carbocycles. The Morgan fingerprint density at radius 2 is 1.84 bits per heavy atom. The first-order valence-electron chi connectivity index (χ1n) is 6.06. The summed E-state index contributed by atoms with van der Waals surface area (Å²) < 4.78 is 10.4. The lowest BCUT2D eigenvalue weighted by atomic mass is 10.1. The summed E-state index contributed by atoms with van der Waals surface area (Å²) in [6.07, 6.45) is 0. The highest BCUT2D eigenvalue weighted by Crippen LogP contribution is 2.17. The highest BCUT2D eigenvalue weighted by Gasteiger charge is 2.09. The number of methoxy groups -OCH3 is 1. The van der Waals surface area contributed by atoms with Gasteiger partial charge in [-0.2, -0.15) is 0 Å². The summed E-state index contributed by atoms with van der Waals surface area (Å²) in [5.41, 5.74) is 2.44. The second-order valence-electron chi connectivity index (χ2n) is 4.30. The summed E-state index contributed by atoms with van der Waals surface area (Å²) in [6.45, 7) is 2.19. The molecule has 3 heteroatoms. The van der Waals surface area contributed by atoms with Gasteiger partial charge in [-0.05, 0) is 36.2 Å². The average Bonchev–Trinajstić information content (AvgIpc) is 2.45. The number of hydrogen-bond acceptors (Lipinski definition) is 3. The van der Waals surface area contributed by atoms with Gasteiger partial charge in [-0.3, -0.25) is 0 Å². The van der Waals surface area contributed by atoms with Crippen molar-refractivity contribution in [3.63, 3.8) is 0 Å². The number of carbonyl (C=O) groups excluding carboxylic acids is 1. The highest BCUT2D eigenvalue weighted by atomic mass is 16.5. The topological polar surface area (TPSA) is 35.5 Å². The van der Waals surface area contributed by atoms with E-state index in [1.54, 1.807) is 19.2 Å². The summed E-state index contributed by atoms with van der Waals surface area (Å²) in [6, 6.07) is 14.9. The standard InChI is InChI=1S/C16H16O3/c1-12-8-14(10-15(9-12)18-2)16(17)19-11-13-6-4-3-5-7-13/h3-10H,11H2,1-2H3. The van der Waals surface area contributed by atoms with Crippen LogP contribution in [0, 0.1) is 6.92 Å². The van der Waals surface area contributed by atoms with Crippen LogP contribution in [0.4, 0.5) is 0 Å². The third kappa shape index (κ3) is 3.58. The van der Waals surface area contributed by atoms with Crippen molar-refractivity contribution in [2.75, 3.05) is 7.11 Å². The van der Waals surface area contributed by atoms with Gasteiger partial charge in [0, 0.05) is 0 Å². The molecule has 0 aliphatic heterocycles. The van der Waals surface area contributed by atoms with Crippen LogP contribution in [0.25, 0.3) is 0 Å². The molecule has 0 saturated carbocycles. The van der Waals surface area contributed by atoms with Crippen molar-refractivity contribution < 1.29 is 14.3 Å². The minimum Gasteiger partial charge on any atom is -0.497 e. The van der Waals surface area contributed by atoms with E-state index in [2.05, 4.69) is 0 Å². The Balaban J connectivity index is 2.06. The van der Waals surface area contributed by atoms with Gasteiger partial charge in [-0.1, -0.05) is 30.3 Å². The Morgan fingerprint density at radius 1 is 1.11 bits per heavy atom.